The van der Waals surface area contributed by atoms with Gasteiger partial charge in [-0.2, -0.15) is 0 Å². The van der Waals surface area contributed by atoms with E-state index >= 15 is 0 Å². The Labute approximate surface area is 211 Å². The van der Waals surface area contributed by atoms with Gasteiger partial charge in [-0.1, -0.05) is 35.9 Å². The van der Waals surface area contributed by atoms with Crippen molar-refractivity contribution < 1.29 is 27.4 Å². The molecule has 0 radical (unpaired) electrons. The Kier molecular flexibility index (Phi) is 6.14. The molecule has 0 unspecified atom stereocenters. The van der Waals surface area contributed by atoms with Crippen LogP contribution in [0, 0.1) is 6.92 Å². The third-order valence-corrected chi connectivity index (χ3v) is 8.09. The molecule has 186 valence electrons. The first-order valence-corrected chi connectivity index (χ1v) is 12.9. The zero-order chi connectivity index (χ0) is 25.4. The molecular weight excluding hydrogens is 478 g/mol. The van der Waals surface area contributed by atoms with Crippen LogP contribution < -0.4 is 18.9 Å². The summed E-state index contributed by atoms with van der Waals surface area (Å²) in [6, 6.07) is 17.9. The van der Waals surface area contributed by atoms with E-state index in [-0.39, 0.29) is 18.2 Å². The highest BCUT2D eigenvalue weighted by atomic mass is 32.2. The highest BCUT2D eigenvalue weighted by molar-refractivity contribution is 7.89. The Balaban J connectivity index is 1.71. The van der Waals surface area contributed by atoms with E-state index in [1.807, 2.05) is 38.1 Å². The second-order valence-corrected chi connectivity index (χ2v) is 10.5. The molecule has 0 bridgehead atoms. The highest BCUT2D eigenvalue weighted by Crippen LogP contribution is 2.49. The summed E-state index contributed by atoms with van der Waals surface area (Å²) in [4.78, 5) is 0.199. The third kappa shape index (κ3) is 4.07. The van der Waals surface area contributed by atoms with E-state index < -0.39 is 16.1 Å². The molecule has 2 aliphatic rings. The molecule has 5 rings (SSSR count). The van der Waals surface area contributed by atoms with Crippen LogP contribution in [0.3, 0.4) is 0 Å². The summed E-state index contributed by atoms with van der Waals surface area (Å²) in [5.74, 6) is 2.32. The van der Waals surface area contributed by atoms with Gasteiger partial charge in [0.2, 0.25) is 6.79 Å². The first kappa shape index (κ1) is 23.8. The van der Waals surface area contributed by atoms with Crippen molar-refractivity contribution in [2.45, 2.75) is 24.8 Å². The minimum Gasteiger partial charge on any atom is -0.497 e. The number of aryl methyl sites for hydroxylation is 1. The van der Waals surface area contributed by atoms with E-state index in [0.717, 1.165) is 22.4 Å². The van der Waals surface area contributed by atoms with Crippen molar-refractivity contribution >= 4 is 15.7 Å². The molecule has 0 fully saturated rings. The quantitative estimate of drug-likeness (QED) is 0.396. The molecule has 0 aliphatic carbocycles. The molecule has 0 spiro atoms. The van der Waals surface area contributed by atoms with Gasteiger partial charge in [-0.25, -0.2) is 8.42 Å². The number of hydrogen-bond donors (Lipinski definition) is 0. The summed E-state index contributed by atoms with van der Waals surface area (Å²) >= 11 is 0. The van der Waals surface area contributed by atoms with Crippen molar-refractivity contribution in [3.8, 4) is 23.0 Å². The summed E-state index contributed by atoms with van der Waals surface area (Å²) in [5.41, 5.74) is 3.71. The molecule has 0 saturated heterocycles. The summed E-state index contributed by atoms with van der Waals surface area (Å²) in [6.45, 7) is 7.81. The Morgan fingerprint density at radius 2 is 1.67 bits per heavy atom. The number of sulfonamides is 1. The van der Waals surface area contributed by atoms with E-state index in [1.165, 1.54) is 4.31 Å². The van der Waals surface area contributed by atoms with Gasteiger partial charge in [-0.15, -0.1) is 6.58 Å². The maximum Gasteiger partial charge on any atom is 0.264 e. The number of hydrogen-bond acceptors (Lipinski definition) is 6. The van der Waals surface area contributed by atoms with Crippen molar-refractivity contribution in [3.05, 3.63) is 95.6 Å². The fourth-order valence-electron chi connectivity index (χ4n) is 4.45. The predicted molar refractivity (Wildman–Crippen MR) is 137 cm³/mol. The van der Waals surface area contributed by atoms with E-state index in [0.29, 0.717) is 28.5 Å². The lowest BCUT2D eigenvalue weighted by Gasteiger charge is -2.35. The number of ether oxygens (including phenoxy) is 4. The Hall–Kier alpha value is -3.91. The zero-order valence-electron chi connectivity index (χ0n) is 20.4. The average molecular weight is 506 g/mol. The molecular formula is C28H27NO6S. The number of rotatable bonds is 7. The summed E-state index contributed by atoms with van der Waals surface area (Å²) in [6.07, 6.45) is 1.05. The standard InChI is InChI=1S/C28H27NO6S/c1-5-14-29(36(30,31)22-12-6-18(2)7-13-22)27-19(3)28(20-8-10-21(32-4)11-9-20)35-24-16-26-25(15-23(24)27)33-17-34-26/h5-13,15-16,28H,1,14,17H2,2-4H3/t28-/m0/s1. The van der Waals surface area contributed by atoms with Crippen molar-refractivity contribution in [2.24, 2.45) is 0 Å². The van der Waals surface area contributed by atoms with E-state index in [9.17, 15) is 8.42 Å². The Morgan fingerprint density at radius 3 is 2.31 bits per heavy atom. The van der Waals surface area contributed by atoms with Crippen LogP contribution in [-0.2, 0) is 10.0 Å². The van der Waals surface area contributed by atoms with E-state index in [2.05, 4.69) is 6.58 Å². The molecule has 0 amide bonds. The van der Waals surface area contributed by atoms with Crippen LogP contribution in [0.4, 0.5) is 0 Å². The molecule has 0 N–H and O–H groups in total. The minimum atomic E-state index is -3.93. The lowest BCUT2D eigenvalue weighted by Crippen LogP contribution is -2.33. The normalized spacial score (nSPS) is 16.2. The van der Waals surface area contributed by atoms with Crippen LogP contribution in [0.2, 0.25) is 0 Å². The SMILES string of the molecule is C=CCN(C1=C(C)[C@@H](c2ccc(OC)cc2)Oc2cc3c(cc21)OCO3)S(=O)(=O)c1ccc(C)cc1. The summed E-state index contributed by atoms with van der Waals surface area (Å²) in [5, 5.41) is 0. The van der Waals surface area contributed by atoms with Crippen molar-refractivity contribution in [2.75, 3.05) is 20.4 Å². The molecule has 2 heterocycles. The Morgan fingerprint density at radius 1 is 1.00 bits per heavy atom. The topological polar surface area (TPSA) is 74.3 Å². The molecule has 2 aliphatic heterocycles. The molecule has 7 nitrogen and oxygen atoms in total. The lowest BCUT2D eigenvalue weighted by atomic mass is 9.94. The summed E-state index contributed by atoms with van der Waals surface area (Å²) in [7, 11) is -2.32. The van der Waals surface area contributed by atoms with Crippen LogP contribution >= 0.6 is 0 Å². The van der Waals surface area contributed by atoms with Gasteiger partial charge in [0.25, 0.3) is 10.0 Å². The predicted octanol–water partition coefficient (Wildman–Crippen LogP) is 5.47. The van der Waals surface area contributed by atoms with Gasteiger partial charge >= 0.3 is 0 Å². The minimum absolute atomic E-state index is 0.0755. The number of benzene rings is 3. The second-order valence-electron chi connectivity index (χ2n) is 8.64. The molecule has 3 aromatic carbocycles. The van der Waals surface area contributed by atoms with Crippen LogP contribution in [-0.4, -0.2) is 33.2 Å². The van der Waals surface area contributed by atoms with Crippen LogP contribution in [0.25, 0.3) is 5.70 Å². The lowest BCUT2D eigenvalue weighted by molar-refractivity contribution is 0.173. The third-order valence-electron chi connectivity index (χ3n) is 6.31. The number of nitrogens with zero attached hydrogens (tertiary/aromatic N) is 1. The average Bonchev–Trinajstić information content (AvgIpc) is 3.34. The van der Waals surface area contributed by atoms with Gasteiger partial charge < -0.3 is 18.9 Å². The molecule has 8 heteroatoms. The van der Waals surface area contributed by atoms with E-state index in [1.54, 1.807) is 49.6 Å². The van der Waals surface area contributed by atoms with Gasteiger partial charge in [-0.3, -0.25) is 4.31 Å². The maximum absolute atomic E-state index is 14.0. The van der Waals surface area contributed by atoms with Crippen LogP contribution in [0.1, 0.15) is 29.7 Å². The van der Waals surface area contributed by atoms with Crippen molar-refractivity contribution in [3.63, 3.8) is 0 Å². The summed E-state index contributed by atoms with van der Waals surface area (Å²) < 4.78 is 52.3. The fraction of sp³-hybridized carbons (Fsp3) is 0.214. The monoisotopic (exact) mass is 505 g/mol. The van der Waals surface area contributed by atoms with Gasteiger partial charge in [0.1, 0.15) is 17.6 Å². The largest absolute Gasteiger partial charge is 0.497 e. The van der Waals surface area contributed by atoms with E-state index in [4.69, 9.17) is 18.9 Å². The molecule has 3 aromatic rings. The molecule has 0 aromatic heterocycles. The van der Waals surface area contributed by atoms with Crippen molar-refractivity contribution in [1.82, 2.24) is 4.31 Å². The maximum atomic E-state index is 14.0. The second kappa shape index (κ2) is 9.28. The van der Waals surface area contributed by atoms with Gasteiger partial charge in [0, 0.05) is 11.6 Å². The molecule has 0 saturated carbocycles. The zero-order valence-corrected chi connectivity index (χ0v) is 21.2. The first-order chi connectivity index (χ1) is 17.3. The molecule has 1 atom stereocenters. The van der Waals surface area contributed by atoms with Gasteiger partial charge in [0.05, 0.1) is 24.2 Å². The highest BCUT2D eigenvalue weighted by Gasteiger charge is 2.37. The first-order valence-electron chi connectivity index (χ1n) is 11.5. The Bertz CT molecular complexity index is 1440. The van der Waals surface area contributed by atoms with Crippen molar-refractivity contribution in [1.29, 1.82) is 0 Å². The molecule has 36 heavy (non-hydrogen) atoms. The number of fused-ring (bicyclic) bond motifs is 2. The van der Waals surface area contributed by atoms with Crippen LogP contribution in [0.15, 0.2) is 83.8 Å². The van der Waals surface area contributed by atoms with Gasteiger partial charge in [0.15, 0.2) is 11.5 Å². The van der Waals surface area contributed by atoms with Crippen LogP contribution in [0.5, 0.6) is 23.0 Å². The smallest absolute Gasteiger partial charge is 0.264 e. The fourth-order valence-corrected chi connectivity index (χ4v) is 5.97. The van der Waals surface area contributed by atoms with Gasteiger partial charge in [-0.05, 0) is 55.3 Å². The number of methoxy groups -OCH3 is 1.